The smallest absolute Gasteiger partial charge is 0.266 e. The summed E-state index contributed by atoms with van der Waals surface area (Å²) < 4.78 is 17.7. The van der Waals surface area contributed by atoms with Crippen LogP contribution in [0.3, 0.4) is 0 Å². The van der Waals surface area contributed by atoms with E-state index in [1.54, 1.807) is 20.3 Å². The first kappa shape index (κ1) is 23.5. The fraction of sp³-hybridized carbons (Fsp3) is 0.462. The largest absolute Gasteiger partial charge is 0.497 e. The van der Waals surface area contributed by atoms with Crippen molar-refractivity contribution < 1.29 is 23.8 Å². The van der Waals surface area contributed by atoms with Gasteiger partial charge in [-0.25, -0.2) is 0 Å². The topological polar surface area (TPSA) is 72.1 Å². The molecule has 8 heteroatoms. The van der Waals surface area contributed by atoms with Crippen LogP contribution in [0, 0.1) is 11.8 Å². The third-order valence-corrected chi connectivity index (χ3v) is 8.53. The average molecular weight is 500 g/mol. The summed E-state index contributed by atoms with van der Waals surface area (Å²) in [5.41, 5.74) is 1.76. The minimum absolute atomic E-state index is 0.0124. The van der Waals surface area contributed by atoms with Crippen LogP contribution in [0.2, 0.25) is 0 Å². The lowest BCUT2D eigenvalue weighted by molar-refractivity contribution is -0.124. The maximum absolute atomic E-state index is 13.4. The van der Waals surface area contributed by atoms with E-state index in [0.29, 0.717) is 51.0 Å². The first-order chi connectivity index (χ1) is 16.5. The minimum Gasteiger partial charge on any atom is -0.497 e. The van der Waals surface area contributed by atoms with E-state index in [1.165, 1.54) is 31.0 Å². The Morgan fingerprint density at radius 3 is 2.56 bits per heavy atom. The van der Waals surface area contributed by atoms with E-state index in [0.717, 1.165) is 23.5 Å². The van der Waals surface area contributed by atoms with Gasteiger partial charge in [0, 0.05) is 30.4 Å². The number of aryl methyl sites for hydroxylation is 1. The molecule has 180 valence electrons. The SMILES string of the molecule is COc1cc(OC)cc(-c2cc(CCCO)c(C=C3SC(=S)N(C4CC5CCC4C5)C3=O)o2)c1. The molecule has 2 aromatic rings. The molecule has 0 spiro atoms. The highest BCUT2D eigenvalue weighted by atomic mass is 32.2. The first-order valence-corrected chi connectivity index (χ1v) is 13.0. The van der Waals surface area contributed by atoms with Crippen molar-refractivity contribution in [2.45, 2.75) is 44.6 Å². The van der Waals surface area contributed by atoms with E-state index in [1.807, 2.05) is 29.2 Å². The van der Waals surface area contributed by atoms with Crippen LogP contribution in [0.4, 0.5) is 0 Å². The van der Waals surface area contributed by atoms with Gasteiger partial charge in [-0.3, -0.25) is 9.69 Å². The molecule has 3 unspecified atom stereocenters. The van der Waals surface area contributed by atoms with E-state index in [2.05, 4.69) is 0 Å². The number of aliphatic hydroxyl groups excluding tert-OH is 1. The lowest BCUT2D eigenvalue weighted by atomic mass is 9.94. The van der Waals surface area contributed by atoms with Gasteiger partial charge < -0.3 is 19.0 Å². The second kappa shape index (κ2) is 9.76. The summed E-state index contributed by atoms with van der Waals surface area (Å²) in [7, 11) is 3.22. The molecule has 3 atom stereocenters. The van der Waals surface area contributed by atoms with Gasteiger partial charge in [-0.05, 0) is 67.7 Å². The number of amides is 1. The molecule has 1 aromatic carbocycles. The number of carbonyl (C=O) groups is 1. The van der Waals surface area contributed by atoms with Crippen molar-refractivity contribution in [2.75, 3.05) is 20.8 Å². The molecule has 3 fully saturated rings. The molecule has 2 aliphatic carbocycles. The van der Waals surface area contributed by atoms with Crippen molar-refractivity contribution in [1.29, 1.82) is 0 Å². The summed E-state index contributed by atoms with van der Waals surface area (Å²) in [5.74, 6) is 3.90. The molecule has 1 aliphatic heterocycles. The van der Waals surface area contributed by atoms with Crippen molar-refractivity contribution in [3.63, 3.8) is 0 Å². The van der Waals surface area contributed by atoms with E-state index in [9.17, 15) is 9.90 Å². The zero-order valence-electron chi connectivity index (χ0n) is 19.4. The summed E-state index contributed by atoms with van der Waals surface area (Å²) in [6.45, 7) is 0.0826. The van der Waals surface area contributed by atoms with Crippen LogP contribution in [0.15, 0.2) is 33.6 Å². The fourth-order valence-electron chi connectivity index (χ4n) is 5.53. The normalized spacial score (nSPS) is 25.1. The molecule has 2 bridgehead atoms. The number of aliphatic hydroxyl groups is 1. The Morgan fingerprint density at radius 1 is 1.18 bits per heavy atom. The van der Waals surface area contributed by atoms with Gasteiger partial charge in [0.1, 0.15) is 27.3 Å². The maximum Gasteiger partial charge on any atom is 0.266 e. The summed E-state index contributed by atoms with van der Waals surface area (Å²) >= 11 is 7.00. The van der Waals surface area contributed by atoms with Crippen molar-refractivity contribution >= 4 is 40.3 Å². The number of methoxy groups -OCH3 is 2. The van der Waals surface area contributed by atoms with Gasteiger partial charge in [0.15, 0.2) is 0 Å². The number of furan rings is 1. The zero-order valence-corrected chi connectivity index (χ0v) is 21.0. The van der Waals surface area contributed by atoms with Crippen LogP contribution in [0.5, 0.6) is 11.5 Å². The van der Waals surface area contributed by atoms with Gasteiger partial charge in [0.05, 0.1) is 19.1 Å². The predicted octanol–water partition coefficient (Wildman–Crippen LogP) is 5.28. The molecule has 2 saturated carbocycles. The van der Waals surface area contributed by atoms with E-state index >= 15 is 0 Å². The Morgan fingerprint density at radius 2 is 1.94 bits per heavy atom. The molecule has 3 aliphatic rings. The number of hydrogen-bond acceptors (Lipinski definition) is 7. The molecular weight excluding hydrogens is 470 g/mol. The highest BCUT2D eigenvalue weighted by molar-refractivity contribution is 8.26. The minimum atomic E-state index is -0.0124. The number of hydrogen-bond donors (Lipinski definition) is 1. The Hall–Kier alpha value is -2.29. The van der Waals surface area contributed by atoms with Crippen LogP contribution in [-0.2, 0) is 11.2 Å². The average Bonchev–Trinajstić information content (AvgIpc) is 3.62. The van der Waals surface area contributed by atoms with Crippen LogP contribution < -0.4 is 9.47 Å². The molecule has 0 radical (unpaired) electrons. The van der Waals surface area contributed by atoms with Crippen LogP contribution >= 0.6 is 24.0 Å². The van der Waals surface area contributed by atoms with Crippen molar-refractivity contribution in [3.8, 4) is 22.8 Å². The lowest BCUT2D eigenvalue weighted by Crippen LogP contribution is -2.41. The van der Waals surface area contributed by atoms with Crippen molar-refractivity contribution in [2.24, 2.45) is 11.8 Å². The summed E-state index contributed by atoms with van der Waals surface area (Å²) in [4.78, 5) is 15.8. The van der Waals surface area contributed by atoms with Gasteiger partial charge in [0.25, 0.3) is 5.91 Å². The Bertz CT molecular complexity index is 1120. The van der Waals surface area contributed by atoms with Crippen LogP contribution in [0.1, 0.15) is 43.4 Å². The predicted molar refractivity (Wildman–Crippen MR) is 137 cm³/mol. The summed E-state index contributed by atoms with van der Waals surface area (Å²) in [6, 6.07) is 7.78. The standard InChI is InChI=1S/C26H29NO5S2/c1-30-19-10-18(11-20(13-19)31-2)22-12-17(4-3-7-28)23(32-22)14-24-25(29)27(26(33)34-24)21-9-15-5-6-16(21)8-15/h10-16,21,28H,3-9H2,1-2H3. The lowest BCUT2D eigenvalue weighted by Gasteiger charge is -2.30. The van der Waals surface area contributed by atoms with Gasteiger partial charge >= 0.3 is 0 Å². The third-order valence-electron chi connectivity index (χ3n) is 7.20. The van der Waals surface area contributed by atoms with Gasteiger partial charge in [-0.1, -0.05) is 30.4 Å². The second-order valence-corrected chi connectivity index (χ2v) is 10.9. The number of nitrogens with zero attached hydrogens (tertiary/aromatic N) is 1. The third kappa shape index (κ3) is 4.39. The number of fused-ring (bicyclic) bond motifs is 2. The van der Waals surface area contributed by atoms with E-state index in [4.69, 9.17) is 26.1 Å². The number of thioether (sulfide) groups is 1. The molecule has 5 rings (SSSR count). The number of benzene rings is 1. The van der Waals surface area contributed by atoms with Crippen molar-refractivity contribution in [1.82, 2.24) is 4.90 Å². The number of carbonyl (C=O) groups excluding carboxylic acids is 1. The summed E-state index contributed by atoms with van der Waals surface area (Å²) in [5, 5.41) is 9.39. The molecule has 6 nitrogen and oxygen atoms in total. The van der Waals surface area contributed by atoms with E-state index < -0.39 is 0 Å². The Balaban J connectivity index is 1.47. The fourth-order valence-corrected chi connectivity index (χ4v) is 6.88. The summed E-state index contributed by atoms with van der Waals surface area (Å²) in [6.07, 6.45) is 7.83. The monoisotopic (exact) mass is 499 g/mol. The number of ether oxygens (including phenoxy) is 2. The zero-order chi connectivity index (χ0) is 23.8. The van der Waals surface area contributed by atoms with Crippen LogP contribution in [-0.4, -0.2) is 47.1 Å². The van der Waals surface area contributed by atoms with Gasteiger partial charge in [-0.2, -0.15) is 0 Å². The molecular formula is C26H29NO5S2. The van der Waals surface area contributed by atoms with Gasteiger partial charge in [-0.15, -0.1) is 0 Å². The second-order valence-electron chi connectivity index (χ2n) is 9.22. The molecule has 1 aromatic heterocycles. The first-order valence-electron chi connectivity index (χ1n) is 11.7. The Labute approximate surface area is 209 Å². The molecule has 2 heterocycles. The molecule has 1 saturated heterocycles. The molecule has 34 heavy (non-hydrogen) atoms. The van der Waals surface area contributed by atoms with Crippen molar-refractivity contribution in [3.05, 3.63) is 40.5 Å². The van der Waals surface area contributed by atoms with Crippen LogP contribution in [0.25, 0.3) is 17.4 Å². The van der Waals surface area contributed by atoms with E-state index in [-0.39, 0.29) is 18.6 Å². The highest BCUT2D eigenvalue weighted by Crippen LogP contribution is 2.49. The molecule has 1 N–H and O–H groups in total. The number of thiocarbonyl (C=S) groups is 1. The number of rotatable bonds is 8. The molecule has 1 amide bonds. The maximum atomic E-state index is 13.4. The van der Waals surface area contributed by atoms with Gasteiger partial charge in [0.2, 0.25) is 0 Å². The Kier molecular flexibility index (Phi) is 6.73. The quantitative estimate of drug-likeness (QED) is 0.391. The highest BCUT2D eigenvalue weighted by Gasteiger charge is 2.48.